The molecule has 2 aromatic carbocycles. The zero-order valence-corrected chi connectivity index (χ0v) is 12.8. The summed E-state index contributed by atoms with van der Waals surface area (Å²) in [5, 5.41) is 2.66. The van der Waals surface area contributed by atoms with Crippen LogP contribution in [-0.4, -0.2) is 5.91 Å². The first-order valence-corrected chi connectivity index (χ1v) is 6.87. The lowest BCUT2D eigenvalue weighted by atomic mass is 10.2. The lowest BCUT2D eigenvalue weighted by Crippen LogP contribution is -2.13. The third-order valence-corrected chi connectivity index (χ3v) is 3.61. The van der Waals surface area contributed by atoms with Crippen LogP contribution in [-0.2, 0) is 0 Å². The zero-order valence-electron chi connectivity index (χ0n) is 9.58. The van der Waals surface area contributed by atoms with Crippen LogP contribution in [0.25, 0.3) is 0 Å². The van der Waals surface area contributed by atoms with E-state index in [1.54, 1.807) is 12.1 Å². The third kappa shape index (κ3) is 3.33. The Labute approximate surface area is 126 Å². The predicted octanol–water partition coefficient (Wildman–Crippen LogP) is 4.19. The Hall–Kier alpha value is -1.40. The van der Waals surface area contributed by atoms with Gasteiger partial charge in [0.1, 0.15) is 5.82 Å². The fourth-order valence-corrected chi connectivity index (χ4v) is 2.28. The second-order valence-corrected chi connectivity index (χ2v) is 5.58. The molecule has 0 radical (unpaired) electrons. The summed E-state index contributed by atoms with van der Waals surface area (Å²) < 4.78 is 14.5. The maximum Gasteiger partial charge on any atom is 0.256 e. The van der Waals surface area contributed by atoms with Crippen molar-refractivity contribution in [2.75, 3.05) is 11.1 Å². The molecule has 1 amide bonds. The number of anilines is 2. The maximum absolute atomic E-state index is 13.0. The van der Waals surface area contributed by atoms with Gasteiger partial charge in [0.15, 0.2) is 0 Å². The van der Waals surface area contributed by atoms with Gasteiger partial charge in [0.25, 0.3) is 5.91 Å². The monoisotopic (exact) mass is 386 g/mol. The Balaban J connectivity index is 2.25. The normalized spacial score (nSPS) is 10.3. The number of nitrogens with one attached hydrogen (secondary N) is 1. The van der Waals surface area contributed by atoms with Crippen LogP contribution in [0.5, 0.6) is 0 Å². The number of halogens is 3. The summed E-state index contributed by atoms with van der Waals surface area (Å²) in [6.07, 6.45) is 0. The first-order chi connectivity index (χ1) is 8.97. The van der Waals surface area contributed by atoms with E-state index in [0.29, 0.717) is 15.7 Å². The summed E-state index contributed by atoms with van der Waals surface area (Å²) in [6, 6.07) is 9.30. The van der Waals surface area contributed by atoms with Crippen molar-refractivity contribution in [1.29, 1.82) is 0 Å². The second kappa shape index (κ2) is 5.71. The van der Waals surface area contributed by atoms with E-state index >= 15 is 0 Å². The smallest absolute Gasteiger partial charge is 0.256 e. The summed E-state index contributed by atoms with van der Waals surface area (Å²) in [4.78, 5) is 12.1. The number of benzene rings is 2. The average molecular weight is 388 g/mol. The van der Waals surface area contributed by atoms with E-state index in [2.05, 4.69) is 37.2 Å². The zero-order chi connectivity index (χ0) is 14.0. The number of nitrogens with two attached hydrogens (primary N) is 1. The van der Waals surface area contributed by atoms with Gasteiger partial charge in [-0.15, -0.1) is 0 Å². The Morgan fingerprint density at radius 3 is 2.58 bits per heavy atom. The summed E-state index contributed by atoms with van der Waals surface area (Å²) in [7, 11) is 0. The van der Waals surface area contributed by atoms with Crippen LogP contribution in [0.15, 0.2) is 45.3 Å². The van der Waals surface area contributed by atoms with Crippen molar-refractivity contribution in [1.82, 2.24) is 0 Å². The first kappa shape index (κ1) is 14.0. The highest BCUT2D eigenvalue weighted by Gasteiger charge is 2.11. The minimum Gasteiger partial charge on any atom is -0.396 e. The Bertz CT molecular complexity index is 647. The topological polar surface area (TPSA) is 55.1 Å². The van der Waals surface area contributed by atoms with Gasteiger partial charge in [-0.1, -0.05) is 15.9 Å². The van der Waals surface area contributed by atoms with Crippen LogP contribution in [0.1, 0.15) is 10.4 Å². The van der Waals surface area contributed by atoms with Crippen molar-refractivity contribution in [3.63, 3.8) is 0 Å². The summed E-state index contributed by atoms with van der Waals surface area (Å²) in [5.41, 5.74) is 6.35. The van der Waals surface area contributed by atoms with E-state index < -0.39 is 5.82 Å². The van der Waals surface area contributed by atoms with Crippen molar-refractivity contribution in [2.24, 2.45) is 0 Å². The molecule has 98 valence electrons. The number of carbonyl (C=O) groups excluding carboxylic acids is 1. The van der Waals surface area contributed by atoms with Gasteiger partial charge in [0, 0.05) is 14.6 Å². The third-order valence-electron chi connectivity index (χ3n) is 2.43. The minimum atomic E-state index is -0.512. The van der Waals surface area contributed by atoms with Crippen molar-refractivity contribution < 1.29 is 9.18 Å². The molecule has 0 spiro atoms. The van der Waals surface area contributed by atoms with Crippen molar-refractivity contribution in [3.8, 4) is 0 Å². The molecule has 0 bridgehead atoms. The molecule has 2 aromatic rings. The second-order valence-electron chi connectivity index (χ2n) is 3.81. The van der Waals surface area contributed by atoms with E-state index in [0.717, 1.165) is 4.47 Å². The number of carbonyl (C=O) groups is 1. The Morgan fingerprint density at radius 1 is 1.16 bits per heavy atom. The average Bonchev–Trinajstić information content (AvgIpc) is 2.36. The minimum absolute atomic E-state index is 0.00823. The molecule has 0 saturated heterocycles. The molecule has 0 unspecified atom stereocenters. The largest absolute Gasteiger partial charge is 0.396 e. The van der Waals surface area contributed by atoms with Crippen LogP contribution in [0.4, 0.5) is 15.8 Å². The molecule has 2 rings (SSSR count). The standard InChI is InChI=1S/C13H9Br2FN2O/c14-7-1-3-10(15)9(5-7)13(19)18-8-2-4-11(16)12(17)6-8/h1-6H,17H2,(H,18,19). The quantitative estimate of drug-likeness (QED) is 0.759. The molecule has 3 nitrogen and oxygen atoms in total. The highest BCUT2D eigenvalue weighted by Crippen LogP contribution is 2.23. The van der Waals surface area contributed by atoms with Crippen LogP contribution >= 0.6 is 31.9 Å². The summed E-state index contributed by atoms with van der Waals surface area (Å²) in [5.74, 6) is -0.819. The molecule has 6 heteroatoms. The van der Waals surface area contributed by atoms with Gasteiger partial charge < -0.3 is 11.1 Å². The molecule has 0 heterocycles. The number of amides is 1. The van der Waals surface area contributed by atoms with Gasteiger partial charge in [-0.2, -0.15) is 0 Å². The van der Waals surface area contributed by atoms with Crippen LogP contribution in [0.2, 0.25) is 0 Å². The van der Waals surface area contributed by atoms with Gasteiger partial charge in [0.2, 0.25) is 0 Å². The Morgan fingerprint density at radius 2 is 1.89 bits per heavy atom. The van der Waals surface area contributed by atoms with E-state index in [9.17, 15) is 9.18 Å². The molecule has 0 atom stereocenters. The molecule has 3 N–H and O–H groups in total. The van der Waals surface area contributed by atoms with Crippen molar-refractivity contribution in [3.05, 3.63) is 56.7 Å². The number of rotatable bonds is 2. The molecular formula is C13H9Br2FN2O. The molecular weight excluding hydrogens is 379 g/mol. The molecule has 0 saturated carbocycles. The number of hydrogen-bond acceptors (Lipinski definition) is 2. The number of nitrogen functional groups attached to an aromatic ring is 1. The van der Waals surface area contributed by atoms with Crippen molar-refractivity contribution >= 4 is 49.1 Å². The molecule has 0 aromatic heterocycles. The van der Waals surface area contributed by atoms with Gasteiger partial charge in [-0.3, -0.25) is 4.79 Å². The molecule has 0 aliphatic carbocycles. The molecule has 0 fully saturated rings. The lowest BCUT2D eigenvalue weighted by Gasteiger charge is -2.08. The lowest BCUT2D eigenvalue weighted by molar-refractivity contribution is 0.102. The summed E-state index contributed by atoms with van der Waals surface area (Å²) >= 11 is 6.60. The Kier molecular flexibility index (Phi) is 4.21. The highest BCUT2D eigenvalue weighted by atomic mass is 79.9. The molecule has 19 heavy (non-hydrogen) atoms. The van der Waals surface area contributed by atoms with E-state index in [1.807, 2.05) is 6.07 Å². The molecule has 0 aliphatic rings. The maximum atomic E-state index is 13.0. The van der Waals surface area contributed by atoms with Crippen molar-refractivity contribution in [2.45, 2.75) is 0 Å². The summed E-state index contributed by atoms with van der Waals surface area (Å²) in [6.45, 7) is 0. The SMILES string of the molecule is Nc1cc(NC(=O)c2cc(Br)ccc2Br)ccc1F. The van der Waals surface area contributed by atoms with Gasteiger partial charge in [-0.05, 0) is 52.3 Å². The van der Waals surface area contributed by atoms with E-state index in [1.165, 1.54) is 18.2 Å². The molecule has 0 aliphatic heterocycles. The highest BCUT2D eigenvalue weighted by molar-refractivity contribution is 9.11. The van der Waals surface area contributed by atoms with E-state index in [4.69, 9.17) is 5.73 Å². The van der Waals surface area contributed by atoms with Crippen LogP contribution in [0, 0.1) is 5.82 Å². The first-order valence-electron chi connectivity index (χ1n) is 5.29. The predicted molar refractivity (Wildman–Crippen MR) is 80.6 cm³/mol. The van der Waals surface area contributed by atoms with Gasteiger partial charge in [-0.25, -0.2) is 4.39 Å². The fourth-order valence-electron chi connectivity index (χ4n) is 1.49. The van der Waals surface area contributed by atoms with E-state index in [-0.39, 0.29) is 11.6 Å². The van der Waals surface area contributed by atoms with Gasteiger partial charge in [0.05, 0.1) is 11.3 Å². The van der Waals surface area contributed by atoms with Crippen LogP contribution in [0.3, 0.4) is 0 Å². The van der Waals surface area contributed by atoms with Crippen LogP contribution < -0.4 is 11.1 Å². The number of hydrogen-bond donors (Lipinski definition) is 2. The van der Waals surface area contributed by atoms with Gasteiger partial charge >= 0.3 is 0 Å². The fraction of sp³-hybridized carbons (Fsp3) is 0.